The number of ether oxygens (including phenoxy) is 3. The number of hydrogen-bond donors (Lipinski definition) is 5. The van der Waals surface area contributed by atoms with Gasteiger partial charge in [-0.05, 0) is 26.8 Å². The number of carboxylic acid groups (broad SMARTS) is 1. The second-order valence-corrected chi connectivity index (χ2v) is 8.39. The maximum absolute atomic E-state index is 12.8. The summed E-state index contributed by atoms with van der Waals surface area (Å²) in [4.78, 5) is 37.5. The van der Waals surface area contributed by atoms with Gasteiger partial charge in [0, 0.05) is 16.7 Å². The van der Waals surface area contributed by atoms with Crippen LogP contribution in [0.1, 0.15) is 52.6 Å². The summed E-state index contributed by atoms with van der Waals surface area (Å²) in [7, 11) is 0. The molecular weight excluding hydrogens is 428 g/mol. The molecule has 0 bridgehead atoms. The Kier molecular flexibility index (Phi) is 5.14. The van der Waals surface area contributed by atoms with Crippen molar-refractivity contribution in [3.05, 3.63) is 33.9 Å². The Hall–Kier alpha value is -2.83. The summed E-state index contributed by atoms with van der Waals surface area (Å²) >= 11 is 0. The molecule has 1 aliphatic carbocycles. The first-order chi connectivity index (χ1) is 14.9. The molecule has 0 radical (unpaired) electrons. The van der Waals surface area contributed by atoms with E-state index >= 15 is 0 Å². The molecular formula is C21H22O11. The van der Waals surface area contributed by atoms with Crippen LogP contribution in [0.3, 0.4) is 0 Å². The molecule has 5 N–H and O–H groups in total. The third kappa shape index (κ3) is 3.05. The summed E-state index contributed by atoms with van der Waals surface area (Å²) in [5, 5.41) is 49.5. The predicted molar refractivity (Wildman–Crippen MR) is 104 cm³/mol. The van der Waals surface area contributed by atoms with Crippen LogP contribution in [0.25, 0.3) is 5.76 Å². The van der Waals surface area contributed by atoms with Gasteiger partial charge in [-0.25, -0.2) is 4.79 Å². The molecule has 2 aliphatic heterocycles. The van der Waals surface area contributed by atoms with E-state index in [0.717, 1.165) is 0 Å². The van der Waals surface area contributed by atoms with Crippen LogP contribution in [0.2, 0.25) is 0 Å². The number of carbonyl (C=O) groups is 3. The van der Waals surface area contributed by atoms with Crippen molar-refractivity contribution in [2.75, 3.05) is 6.61 Å². The van der Waals surface area contributed by atoms with E-state index in [4.69, 9.17) is 14.2 Å². The van der Waals surface area contributed by atoms with Crippen molar-refractivity contribution in [2.45, 2.75) is 57.1 Å². The zero-order chi connectivity index (χ0) is 23.7. The molecule has 4 rings (SSSR count). The van der Waals surface area contributed by atoms with Crippen LogP contribution in [-0.2, 0) is 19.9 Å². The van der Waals surface area contributed by atoms with Gasteiger partial charge in [-0.15, -0.1) is 0 Å². The van der Waals surface area contributed by atoms with Gasteiger partial charge in [0.25, 0.3) is 0 Å². The fraction of sp³-hybridized carbons (Fsp3) is 0.476. The molecule has 11 nitrogen and oxygen atoms in total. The molecule has 1 aromatic rings. The first-order valence-corrected chi connectivity index (χ1v) is 9.82. The molecule has 0 spiro atoms. The van der Waals surface area contributed by atoms with Crippen LogP contribution in [-0.4, -0.2) is 80.4 Å². The van der Waals surface area contributed by atoms with E-state index in [1.807, 2.05) is 0 Å². The lowest BCUT2D eigenvalue weighted by atomic mass is 9.81. The quantitative estimate of drug-likeness (QED) is 0.367. The molecule has 32 heavy (non-hydrogen) atoms. The largest absolute Gasteiger partial charge is 0.482 e. The monoisotopic (exact) mass is 450 g/mol. The van der Waals surface area contributed by atoms with Crippen LogP contribution in [0.5, 0.6) is 5.75 Å². The maximum Gasteiger partial charge on any atom is 0.340 e. The average molecular weight is 450 g/mol. The molecule has 5 atom stereocenters. The maximum atomic E-state index is 12.8. The molecule has 0 unspecified atom stereocenters. The molecule has 2 heterocycles. The lowest BCUT2D eigenvalue weighted by Crippen LogP contribution is -2.60. The fourth-order valence-electron chi connectivity index (χ4n) is 4.20. The summed E-state index contributed by atoms with van der Waals surface area (Å²) in [5.41, 5.74) is -1.44. The Bertz CT molecular complexity index is 1070. The van der Waals surface area contributed by atoms with Gasteiger partial charge in [-0.3, -0.25) is 9.59 Å². The SMILES string of the molecule is CC1=C2OC(C)(C)c3cc(O[C@@H]4O[C@H](CO)[C@@H](O)[C@H](O)[C@H]4O)c(C(=O)O)c(c32)C(=O)C1=O. The van der Waals surface area contributed by atoms with Gasteiger partial charge in [0.2, 0.25) is 17.9 Å². The minimum atomic E-state index is -1.81. The predicted octanol–water partition coefficient (Wildman–Crippen LogP) is -0.675. The number of aliphatic hydroxyl groups is 4. The molecule has 0 saturated carbocycles. The van der Waals surface area contributed by atoms with Gasteiger partial charge >= 0.3 is 5.97 Å². The first-order valence-electron chi connectivity index (χ1n) is 9.82. The van der Waals surface area contributed by atoms with Gasteiger partial charge in [0.05, 0.1) is 12.2 Å². The minimum Gasteiger partial charge on any atom is -0.482 e. The topological polar surface area (TPSA) is 180 Å². The number of benzene rings is 1. The second-order valence-electron chi connectivity index (χ2n) is 8.39. The number of Topliss-reactive ketones (excluding diaryl/α,β-unsaturated/α-hetero) is 2. The highest BCUT2D eigenvalue weighted by Crippen LogP contribution is 2.51. The highest BCUT2D eigenvalue weighted by atomic mass is 16.7. The van der Waals surface area contributed by atoms with Crippen LogP contribution < -0.4 is 4.74 Å². The summed E-state index contributed by atoms with van der Waals surface area (Å²) in [6.45, 7) is 4.03. The highest BCUT2D eigenvalue weighted by molar-refractivity contribution is 6.53. The van der Waals surface area contributed by atoms with Gasteiger partial charge in [0.15, 0.2) is 0 Å². The Balaban J connectivity index is 1.90. The van der Waals surface area contributed by atoms with Crippen molar-refractivity contribution < 1.29 is 54.1 Å². The van der Waals surface area contributed by atoms with Crippen molar-refractivity contribution in [3.8, 4) is 5.75 Å². The number of aromatic carboxylic acids is 1. The number of carboxylic acids is 1. The first kappa shape index (κ1) is 22.4. The zero-order valence-electron chi connectivity index (χ0n) is 17.4. The lowest BCUT2D eigenvalue weighted by Gasteiger charge is -2.39. The molecule has 0 amide bonds. The molecule has 1 saturated heterocycles. The number of aliphatic hydroxyl groups excluding tert-OH is 4. The smallest absolute Gasteiger partial charge is 0.340 e. The number of allylic oxidation sites excluding steroid dienone is 1. The van der Waals surface area contributed by atoms with Crippen LogP contribution in [0.15, 0.2) is 11.6 Å². The van der Waals surface area contributed by atoms with E-state index in [1.165, 1.54) is 13.0 Å². The van der Waals surface area contributed by atoms with Crippen molar-refractivity contribution >= 4 is 23.3 Å². The molecule has 1 fully saturated rings. The van der Waals surface area contributed by atoms with Gasteiger partial charge < -0.3 is 39.7 Å². The van der Waals surface area contributed by atoms with Crippen molar-refractivity contribution in [3.63, 3.8) is 0 Å². The molecule has 0 aromatic heterocycles. The fourth-order valence-corrected chi connectivity index (χ4v) is 4.20. The lowest BCUT2D eigenvalue weighted by molar-refractivity contribution is -0.277. The Labute approximate surface area is 181 Å². The molecule has 172 valence electrons. The summed E-state index contributed by atoms with van der Waals surface area (Å²) < 4.78 is 16.7. The number of ketones is 2. The second kappa shape index (κ2) is 7.36. The van der Waals surface area contributed by atoms with Crippen molar-refractivity contribution in [1.29, 1.82) is 0 Å². The molecule has 3 aliphatic rings. The number of rotatable bonds is 4. The molecule has 11 heteroatoms. The van der Waals surface area contributed by atoms with Gasteiger partial charge in [-0.1, -0.05) is 0 Å². The zero-order valence-corrected chi connectivity index (χ0v) is 17.4. The number of hydrogen-bond acceptors (Lipinski definition) is 10. The van der Waals surface area contributed by atoms with Crippen molar-refractivity contribution in [1.82, 2.24) is 0 Å². The Morgan fingerprint density at radius 1 is 1.09 bits per heavy atom. The normalized spacial score (nSPS) is 30.8. The minimum absolute atomic E-state index is 0.0632. The van der Waals surface area contributed by atoms with Gasteiger partial charge in [-0.2, -0.15) is 0 Å². The summed E-state index contributed by atoms with van der Waals surface area (Å²) in [5.74, 6) is -3.82. The summed E-state index contributed by atoms with van der Waals surface area (Å²) in [6.07, 6.45) is -8.19. The van der Waals surface area contributed by atoms with Crippen LogP contribution in [0.4, 0.5) is 0 Å². The average Bonchev–Trinajstić information content (AvgIpc) is 3.01. The van der Waals surface area contributed by atoms with E-state index in [1.54, 1.807) is 13.8 Å². The standard InChI is InChI=1S/C21H22O11/c1-6-13(23)15(25)12-10-7(21(2,3)32-18(6)10)4-8(11(12)19(28)29)30-20-17(27)16(26)14(24)9(5-22)31-20/h4,9,14,16-17,20,22,24,26-27H,5H2,1-3H3,(H,28,29)/t9-,14-,16+,17-,20-/m1/s1. The van der Waals surface area contributed by atoms with Crippen LogP contribution in [0, 0.1) is 0 Å². The Morgan fingerprint density at radius 2 is 1.75 bits per heavy atom. The van der Waals surface area contributed by atoms with Gasteiger partial charge in [0.1, 0.15) is 47.1 Å². The molecule has 1 aromatic carbocycles. The van der Waals surface area contributed by atoms with E-state index < -0.39 is 77.3 Å². The van der Waals surface area contributed by atoms with E-state index in [9.17, 15) is 39.9 Å². The van der Waals surface area contributed by atoms with Crippen LogP contribution >= 0.6 is 0 Å². The van der Waals surface area contributed by atoms with E-state index in [0.29, 0.717) is 5.56 Å². The third-order valence-electron chi connectivity index (χ3n) is 5.94. The summed E-state index contributed by atoms with van der Waals surface area (Å²) in [6, 6.07) is 1.31. The van der Waals surface area contributed by atoms with E-state index in [2.05, 4.69) is 0 Å². The Morgan fingerprint density at radius 3 is 2.34 bits per heavy atom. The van der Waals surface area contributed by atoms with Crippen molar-refractivity contribution in [2.24, 2.45) is 0 Å². The third-order valence-corrected chi connectivity index (χ3v) is 5.94. The highest BCUT2D eigenvalue weighted by Gasteiger charge is 2.49. The number of carbonyl (C=O) groups excluding carboxylic acids is 2. The van der Waals surface area contributed by atoms with E-state index in [-0.39, 0.29) is 16.9 Å².